The molecule has 3 rings (SSSR count). The van der Waals surface area contributed by atoms with E-state index < -0.39 is 15.8 Å². The summed E-state index contributed by atoms with van der Waals surface area (Å²) in [5, 5.41) is -0.118. The van der Waals surface area contributed by atoms with Gasteiger partial charge in [0.25, 0.3) is 0 Å². The first-order chi connectivity index (χ1) is 10.9. The van der Waals surface area contributed by atoms with Gasteiger partial charge in [-0.05, 0) is 42.8 Å². The molecular weight excluding hydrogens is 341 g/mol. The predicted octanol–water partition coefficient (Wildman–Crippen LogP) is 3.24. The summed E-state index contributed by atoms with van der Waals surface area (Å²) in [4.78, 5) is -0.0884. The van der Waals surface area contributed by atoms with Crippen molar-refractivity contribution in [2.75, 3.05) is 13.1 Å². The van der Waals surface area contributed by atoms with Crippen LogP contribution in [0.15, 0.2) is 47.4 Å². The fraction of sp³-hybridized carbons (Fsp3) is 0.250. The van der Waals surface area contributed by atoms with E-state index in [-0.39, 0.29) is 29.1 Å². The molecule has 23 heavy (non-hydrogen) atoms. The first kappa shape index (κ1) is 16.2. The third-order valence-electron chi connectivity index (χ3n) is 3.62. The van der Waals surface area contributed by atoms with Crippen LogP contribution >= 0.6 is 11.6 Å². The van der Waals surface area contributed by atoms with E-state index in [1.807, 2.05) is 31.2 Å². The molecule has 1 fully saturated rings. The Balaban J connectivity index is 1.68. The van der Waals surface area contributed by atoms with Gasteiger partial charge in [-0.1, -0.05) is 23.7 Å². The van der Waals surface area contributed by atoms with Gasteiger partial charge in [0.05, 0.1) is 18.1 Å². The fourth-order valence-corrected chi connectivity index (χ4v) is 4.38. The first-order valence-electron chi connectivity index (χ1n) is 7.05. The highest BCUT2D eigenvalue weighted by atomic mass is 35.5. The summed E-state index contributed by atoms with van der Waals surface area (Å²) in [6.07, 6.45) is -0.203. The molecule has 7 heteroatoms. The summed E-state index contributed by atoms with van der Waals surface area (Å²) in [6, 6.07) is 10.8. The summed E-state index contributed by atoms with van der Waals surface area (Å²) in [7, 11) is -3.73. The SMILES string of the molecule is Cc1cccc(OC2CN(S(=O)(=O)c3ccc(F)cc3Cl)C2)c1. The number of rotatable bonds is 4. The monoisotopic (exact) mass is 355 g/mol. The normalized spacial score (nSPS) is 16.1. The van der Waals surface area contributed by atoms with E-state index in [1.165, 1.54) is 10.4 Å². The number of hydrogen-bond acceptors (Lipinski definition) is 3. The number of sulfonamides is 1. The van der Waals surface area contributed by atoms with Gasteiger partial charge in [0.15, 0.2) is 0 Å². The second-order valence-electron chi connectivity index (χ2n) is 5.45. The van der Waals surface area contributed by atoms with Crippen LogP contribution in [-0.2, 0) is 10.0 Å². The summed E-state index contributed by atoms with van der Waals surface area (Å²) >= 11 is 5.85. The van der Waals surface area contributed by atoms with E-state index in [1.54, 1.807) is 0 Å². The summed E-state index contributed by atoms with van der Waals surface area (Å²) < 4.78 is 45.0. The van der Waals surface area contributed by atoms with Crippen molar-refractivity contribution in [1.82, 2.24) is 4.31 Å². The van der Waals surface area contributed by atoms with E-state index in [2.05, 4.69) is 0 Å². The molecule has 0 radical (unpaired) electrons. The summed E-state index contributed by atoms with van der Waals surface area (Å²) in [5.41, 5.74) is 1.07. The molecule has 1 heterocycles. The van der Waals surface area contributed by atoms with Crippen LogP contribution in [0.4, 0.5) is 4.39 Å². The minimum atomic E-state index is -3.73. The molecule has 2 aromatic rings. The standard InChI is InChI=1S/C16H15ClFNO3S/c1-11-3-2-4-13(7-11)22-14-9-19(10-14)23(20,21)16-6-5-12(18)8-15(16)17/h2-8,14H,9-10H2,1H3. The predicted molar refractivity (Wildman–Crippen MR) is 85.8 cm³/mol. The quantitative estimate of drug-likeness (QED) is 0.845. The van der Waals surface area contributed by atoms with Gasteiger partial charge in [0.1, 0.15) is 22.6 Å². The molecule has 1 aliphatic rings. The van der Waals surface area contributed by atoms with Crippen molar-refractivity contribution in [1.29, 1.82) is 0 Å². The maximum Gasteiger partial charge on any atom is 0.244 e. The van der Waals surface area contributed by atoms with E-state index in [4.69, 9.17) is 16.3 Å². The van der Waals surface area contributed by atoms with Crippen molar-refractivity contribution >= 4 is 21.6 Å². The average Bonchev–Trinajstić information content (AvgIpc) is 2.41. The minimum absolute atomic E-state index is 0.0884. The fourth-order valence-electron chi connectivity index (χ4n) is 2.38. The molecule has 1 aliphatic heterocycles. The maximum atomic E-state index is 13.1. The Kier molecular flexibility index (Phi) is 4.31. The van der Waals surface area contributed by atoms with Gasteiger partial charge in [-0.3, -0.25) is 0 Å². The zero-order valence-corrected chi connectivity index (χ0v) is 13.9. The van der Waals surface area contributed by atoms with E-state index >= 15 is 0 Å². The molecular formula is C16H15ClFNO3S. The molecule has 122 valence electrons. The summed E-state index contributed by atoms with van der Waals surface area (Å²) in [6.45, 7) is 2.44. The van der Waals surface area contributed by atoms with Crippen LogP contribution in [0.25, 0.3) is 0 Å². The molecule has 0 spiro atoms. The largest absolute Gasteiger partial charge is 0.488 e. The second kappa shape index (κ2) is 6.11. The molecule has 0 N–H and O–H groups in total. The first-order valence-corrected chi connectivity index (χ1v) is 8.86. The van der Waals surface area contributed by atoms with Gasteiger partial charge in [-0.2, -0.15) is 4.31 Å². The number of nitrogens with zero attached hydrogens (tertiary/aromatic N) is 1. The molecule has 0 aliphatic carbocycles. The van der Waals surface area contributed by atoms with Crippen LogP contribution in [-0.4, -0.2) is 31.9 Å². The topological polar surface area (TPSA) is 46.6 Å². The minimum Gasteiger partial charge on any atom is -0.488 e. The Hall–Kier alpha value is -1.63. The average molecular weight is 356 g/mol. The van der Waals surface area contributed by atoms with E-state index in [9.17, 15) is 12.8 Å². The van der Waals surface area contributed by atoms with Crippen LogP contribution in [0.5, 0.6) is 5.75 Å². The Morgan fingerprint density at radius 2 is 1.96 bits per heavy atom. The lowest BCUT2D eigenvalue weighted by atomic mass is 10.2. The summed E-state index contributed by atoms with van der Waals surface area (Å²) in [5.74, 6) is 0.144. The second-order valence-corrected chi connectivity index (χ2v) is 7.77. The van der Waals surface area contributed by atoms with Crippen LogP contribution in [0.1, 0.15) is 5.56 Å². The lowest BCUT2D eigenvalue weighted by Crippen LogP contribution is -2.56. The van der Waals surface area contributed by atoms with Gasteiger partial charge < -0.3 is 4.74 Å². The lowest BCUT2D eigenvalue weighted by molar-refractivity contribution is 0.0761. The molecule has 0 saturated carbocycles. The number of hydrogen-bond donors (Lipinski definition) is 0. The molecule has 4 nitrogen and oxygen atoms in total. The van der Waals surface area contributed by atoms with Gasteiger partial charge in [-0.25, -0.2) is 12.8 Å². The molecule has 1 saturated heterocycles. The lowest BCUT2D eigenvalue weighted by Gasteiger charge is -2.38. The highest BCUT2D eigenvalue weighted by Crippen LogP contribution is 2.29. The Morgan fingerprint density at radius 3 is 2.61 bits per heavy atom. The van der Waals surface area contributed by atoms with Crippen molar-refractivity contribution < 1.29 is 17.5 Å². The van der Waals surface area contributed by atoms with Gasteiger partial charge in [0, 0.05) is 0 Å². The zero-order chi connectivity index (χ0) is 16.6. The van der Waals surface area contributed by atoms with Gasteiger partial charge in [0.2, 0.25) is 10.0 Å². The maximum absolute atomic E-state index is 13.1. The van der Waals surface area contributed by atoms with Crippen molar-refractivity contribution in [2.24, 2.45) is 0 Å². The van der Waals surface area contributed by atoms with Crippen LogP contribution < -0.4 is 4.74 Å². The Morgan fingerprint density at radius 1 is 1.22 bits per heavy atom. The third-order valence-corrected chi connectivity index (χ3v) is 5.93. The number of halogens is 2. The number of ether oxygens (including phenoxy) is 1. The van der Waals surface area contributed by atoms with E-state index in [0.717, 1.165) is 17.7 Å². The van der Waals surface area contributed by atoms with Crippen LogP contribution in [0, 0.1) is 12.7 Å². The molecule has 0 aromatic heterocycles. The zero-order valence-electron chi connectivity index (χ0n) is 12.4. The van der Waals surface area contributed by atoms with E-state index in [0.29, 0.717) is 5.75 Å². The van der Waals surface area contributed by atoms with Crippen LogP contribution in [0.2, 0.25) is 5.02 Å². The van der Waals surface area contributed by atoms with Crippen molar-refractivity contribution in [3.63, 3.8) is 0 Å². The number of benzene rings is 2. The molecule has 0 amide bonds. The Labute approximate surface area is 139 Å². The van der Waals surface area contributed by atoms with Gasteiger partial charge in [-0.15, -0.1) is 0 Å². The van der Waals surface area contributed by atoms with Gasteiger partial charge >= 0.3 is 0 Å². The van der Waals surface area contributed by atoms with Crippen molar-refractivity contribution in [3.05, 3.63) is 58.9 Å². The number of aryl methyl sites for hydroxylation is 1. The van der Waals surface area contributed by atoms with Crippen molar-refractivity contribution in [3.8, 4) is 5.75 Å². The van der Waals surface area contributed by atoms with Crippen molar-refractivity contribution in [2.45, 2.75) is 17.9 Å². The molecule has 0 unspecified atom stereocenters. The smallest absolute Gasteiger partial charge is 0.244 e. The molecule has 2 aromatic carbocycles. The third kappa shape index (κ3) is 3.34. The highest BCUT2D eigenvalue weighted by molar-refractivity contribution is 7.89. The Bertz CT molecular complexity index is 835. The van der Waals surface area contributed by atoms with Crippen LogP contribution in [0.3, 0.4) is 0 Å². The molecule has 0 bridgehead atoms. The molecule has 0 atom stereocenters. The highest BCUT2D eigenvalue weighted by Gasteiger charge is 2.39.